The van der Waals surface area contributed by atoms with Crippen molar-refractivity contribution in [3.63, 3.8) is 0 Å². The highest BCUT2D eigenvalue weighted by Crippen LogP contribution is 2.55. The fraction of sp³-hybridized carbons (Fsp3) is 0.483. The molecule has 0 aromatic heterocycles. The molecule has 1 saturated carbocycles. The van der Waals surface area contributed by atoms with Crippen LogP contribution in [0.4, 0.5) is 5.69 Å². The number of anilines is 1. The van der Waals surface area contributed by atoms with Crippen LogP contribution in [0.1, 0.15) is 56.5 Å². The molecule has 1 amide bonds. The van der Waals surface area contributed by atoms with Gasteiger partial charge in [0.2, 0.25) is 0 Å². The lowest BCUT2D eigenvalue weighted by atomic mass is 9.49. The number of nitrogens with zero attached hydrogens (tertiary/aromatic N) is 2. The highest BCUT2D eigenvalue weighted by atomic mass is 16.5. The van der Waals surface area contributed by atoms with Gasteiger partial charge in [-0.2, -0.15) is 5.26 Å². The van der Waals surface area contributed by atoms with Gasteiger partial charge in [-0.1, -0.05) is 27.7 Å². The molecular formula is C29H35N3O5. The van der Waals surface area contributed by atoms with Gasteiger partial charge in [0.25, 0.3) is 5.91 Å². The minimum absolute atomic E-state index is 0.118. The molecular weight excluding hydrogens is 470 g/mol. The third kappa shape index (κ3) is 4.95. The van der Waals surface area contributed by atoms with Crippen LogP contribution in [0.15, 0.2) is 42.5 Å². The minimum Gasteiger partial charge on any atom is -0.495 e. The van der Waals surface area contributed by atoms with E-state index in [1.165, 1.54) is 7.11 Å². The number of ether oxygens (including phenoxy) is 2. The molecule has 8 heteroatoms. The third-order valence-electron chi connectivity index (χ3n) is 8.00. The van der Waals surface area contributed by atoms with Gasteiger partial charge in [0.1, 0.15) is 23.7 Å². The van der Waals surface area contributed by atoms with Crippen molar-refractivity contribution in [3.05, 3.63) is 53.6 Å². The maximum atomic E-state index is 13.2. The number of carbonyl (C=O) groups is 2. The fourth-order valence-corrected chi connectivity index (χ4v) is 6.20. The lowest BCUT2D eigenvalue weighted by Gasteiger charge is -2.63. The summed E-state index contributed by atoms with van der Waals surface area (Å²) in [4.78, 5) is 26.5. The van der Waals surface area contributed by atoms with E-state index in [-0.39, 0.29) is 34.8 Å². The van der Waals surface area contributed by atoms with E-state index < -0.39 is 5.97 Å². The van der Waals surface area contributed by atoms with Crippen molar-refractivity contribution in [1.29, 1.82) is 5.26 Å². The van der Waals surface area contributed by atoms with Crippen molar-refractivity contribution in [1.82, 2.24) is 5.32 Å². The smallest absolute Gasteiger partial charge is 0.306 e. The van der Waals surface area contributed by atoms with Crippen molar-refractivity contribution in [2.24, 2.45) is 16.7 Å². The number of benzene rings is 2. The van der Waals surface area contributed by atoms with Gasteiger partial charge in [-0.3, -0.25) is 9.59 Å². The number of carboxylic acid groups (broad SMARTS) is 1. The number of methoxy groups -OCH3 is 1. The molecule has 0 unspecified atom stereocenters. The van der Waals surface area contributed by atoms with E-state index in [1.54, 1.807) is 18.2 Å². The summed E-state index contributed by atoms with van der Waals surface area (Å²) in [5.41, 5.74) is 1.35. The first-order valence-corrected chi connectivity index (χ1v) is 12.6. The van der Waals surface area contributed by atoms with Crippen molar-refractivity contribution in [2.45, 2.75) is 52.7 Å². The summed E-state index contributed by atoms with van der Waals surface area (Å²) in [6.45, 7) is 9.72. The SMILES string of the molecule is COc1cc(OC2C(C)(C)C(NC(=O)c3ccc(N4CCC(C(=O)O)CC4)cc3)C2(C)C)ccc1C#N. The van der Waals surface area contributed by atoms with E-state index in [4.69, 9.17) is 9.47 Å². The van der Waals surface area contributed by atoms with Crippen LogP contribution in [-0.2, 0) is 4.79 Å². The summed E-state index contributed by atoms with van der Waals surface area (Å²) >= 11 is 0. The van der Waals surface area contributed by atoms with Crippen LogP contribution in [0.3, 0.4) is 0 Å². The molecule has 2 N–H and O–H groups in total. The first kappa shape index (κ1) is 26.3. The van der Waals surface area contributed by atoms with Crippen molar-refractivity contribution < 1.29 is 24.2 Å². The van der Waals surface area contributed by atoms with Gasteiger partial charge in [-0.25, -0.2) is 0 Å². The second kappa shape index (κ2) is 9.97. The number of nitrogens with one attached hydrogen (secondary N) is 1. The zero-order valence-electron chi connectivity index (χ0n) is 22.1. The minimum atomic E-state index is -0.724. The van der Waals surface area contributed by atoms with Crippen LogP contribution in [0.2, 0.25) is 0 Å². The Morgan fingerprint density at radius 2 is 1.68 bits per heavy atom. The Kier molecular flexibility index (Phi) is 7.09. The van der Waals surface area contributed by atoms with Crippen LogP contribution in [0.25, 0.3) is 0 Å². The summed E-state index contributed by atoms with van der Waals surface area (Å²) in [7, 11) is 1.52. The largest absolute Gasteiger partial charge is 0.495 e. The highest BCUT2D eigenvalue weighted by molar-refractivity contribution is 5.95. The summed E-state index contributed by atoms with van der Waals surface area (Å²) in [5.74, 6) is -0.0509. The molecule has 8 nitrogen and oxygen atoms in total. The number of hydrogen-bond donors (Lipinski definition) is 2. The van der Waals surface area contributed by atoms with E-state index in [1.807, 2.05) is 24.3 Å². The number of aliphatic carboxylic acids is 1. The first-order chi connectivity index (χ1) is 17.5. The van der Waals surface area contributed by atoms with Crippen LogP contribution in [0, 0.1) is 28.1 Å². The van der Waals surface area contributed by atoms with E-state index >= 15 is 0 Å². The summed E-state index contributed by atoms with van der Waals surface area (Å²) < 4.78 is 11.7. The summed E-state index contributed by atoms with van der Waals surface area (Å²) in [6.07, 6.45) is 1.09. The zero-order chi connectivity index (χ0) is 27.0. The molecule has 0 bridgehead atoms. The Hall–Kier alpha value is -3.73. The number of amides is 1. The fourth-order valence-electron chi connectivity index (χ4n) is 6.20. The van der Waals surface area contributed by atoms with Gasteiger partial charge in [-0.15, -0.1) is 0 Å². The number of hydrogen-bond acceptors (Lipinski definition) is 6. The Morgan fingerprint density at radius 3 is 2.22 bits per heavy atom. The predicted octanol–water partition coefficient (Wildman–Crippen LogP) is 4.48. The number of piperidine rings is 1. The first-order valence-electron chi connectivity index (χ1n) is 12.6. The molecule has 37 heavy (non-hydrogen) atoms. The van der Waals surface area contributed by atoms with Gasteiger partial charge >= 0.3 is 5.97 Å². The molecule has 0 radical (unpaired) electrons. The molecule has 1 heterocycles. The molecule has 4 rings (SSSR count). The van der Waals surface area contributed by atoms with Gasteiger partial charge in [-0.05, 0) is 49.2 Å². The lowest BCUT2D eigenvalue weighted by Crippen LogP contribution is -2.74. The van der Waals surface area contributed by atoms with Gasteiger partial charge < -0.3 is 24.8 Å². The number of carbonyl (C=O) groups excluding carboxylic acids is 1. The Morgan fingerprint density at radius 1 is 1.05 bits per heavy atom. The van der Waals surface area contributed by atoms with Crippen LogP contribution < -0.4 is 19.7 Å². The van der Waals surface area contributed by atoms with Crippen molar-refractivity contribution in [3.8, 4) is 17.6 Å². The quantitative estimate of drug-likeness (QED) is 0.571. The molecule has 2 aliphatic rings. The maximum absolute atomic E-state index is 13.2. The molecule has 2 aromatic rings. The van der Waals surface area contributed by atoms with Gasteiger partial charge in [0, 0.05) is 47.3 Å². The molecule has 0 atom stereocenters. The standard InChI is InChI=1S/C29H35N3O5/c1-28(2)26(29(3,4)27(28)37-22-11-8-20(17-30)23(16-22)36-5)31-24(33)18-6-9-21(10-7-18)32-14-12-19(13-15-32)25(34)35/h6-11,16,19,26-27H,12-15H2,1-5H3,(H,31,33)(H,34,35). The zero-order valence-corrected chi connectivity index (χ0v) is 22.1. The Balaban J connectivity index is 1.40. The van der Waals surface area contributed by atoms with Gasteiger partial charge in [0.05, 0.1) is 18.6 Å². The van der Waals surface area contributed by atoms with E-state index in [0.717, 1.165) is 5.69 Å². The maximum Gasteiger partial charge on any atom is 0.306 e. The molecule has 2 aromatic carbocycles. The number of nitriles is 1. The van der Waals surface area contributed by atoms with Gasteiger partial charge in [0.15, 0.2) is 0 Å². The molecule has 1 aliphatic carbocycles. The Labute approximate surface area is 218 Å². The average molecular weight is 506 g/mol. The van der Waals surface area contributed by atoms with E-state index in [2.05, 4.69) is 44.0 Å². The van der Waals surface area contributed by atoms with Crippen LogP contribution >= 0.6 is 0 Å². The molecule has 0 spiro atoms. The third-order valence-corrected chi connectivity index (χ3v) is 8.00. The molecule has 1 saturated heterocycles. The van der Waals surface area contributed by atoms with Crippen molar-refractivity contribution in [2.75, 3.05) is 25.1 Å². The normalized spacial score (nSPS) is 22.3. The van der Waals surface area contributed by atoms with Crippen LogP contribution in [-0.4, -0.2) is 49.3 Å². The Bertz CT molecular complexity index is 1190. The van der Waals surface area contributed by atoms with E-state index in [9.17, 15) is 20.0 Å². The second-order valence-corrected chi connectivity index (χ2v) is 11.2. The van der Waals surface area contributed by atoms with Crippen LogP contribution in [0.5, 0.6) is 11.5 Å². The van der Waals surface area contributed by atoms with E-state index in [0.29, 0.717) is 48.6 Å². The summed E-state index contributed by atoms with van der Waals surface area (Å²) in [5, 5.41) is 21.7. The number of carboxylic acids is 1. The lowest BCUT2D eigenvalue weighted by molar-refractivity contribution is -0.164. The molecule has 2 fully saturated rings. The second-order valence-electron chi connectivity index (χ2n) is 11.2. The average Bonchev–Trinajstić information content (AvgIpc) is 2.89. The predicted molar refractivity (Wildman–Crippen MR) is 140 cm³/mol. The monoisotopic (exact) mass is 505 g/mol. The number of rotatable bonds is 7. The highest BCUT2D eigenvalue weighted by Gasteiger charge is 2.64. The molecule has 196 valence electrons. The molecule has 1 aliphatic heterocycles. The van der Waals surface area contributed by atoms with Crippen molar-refractivity contribution >= 4 is 17.6 Å². The topological polar surface area (TPSA) is 112 Å². The summed E-state index contributed by atoms with van der Waals surface area (Å²) in [6, 6.07) is 14.7.